The van der Waals surface area contributed by atoms with Crippen molar-refractivity contribution in [2.45, 2.75) is 42.9 Å². The van der Waals surface area contributed by atoms with Gasteiger partial charge in [0.15, 0.2) is 13.0 Å². The van der Waals surface area contributed by atoms with Crippen LogP contribution in [0.4, 0.5) is 30.7 Å². The molecule has 0 aromatic carbocycles. The zero-order valence-corrected chi connectivity index (χ0v) is 13.6. The Labute approximate surface area is 144 Å². The lowest BCUT2D eigenvalue weighted by Gasteiger charge is -2.33. The van der Waals surface area contributed by atoms with E-state index in [9.17, 15) is 30.7 Å². The summed E-state index contributed by atoms with van der Waals surface area (Å²) in [5.41, 5.74) is 0.434. The van der Waals surface area contributed by atoms with Crippen LogP contribution in [0.25, 0.3) is 0 Å². The second-order valence-electron chi connectivity index (χ2n) is 5.74. The maximum Gasteiger partial charge on any atom is 0.426 e. The second-order valence-corrected chi connectivity index (χ2v) is 5.74. The van der Waals surface area contributed by atoms with Gasteiger partial charge >= 0.3 is 18.0 Å². The first kappa shape index (κ1) is 21.1. The molecule has 1 fully saturated rings. The van der Waals surface area contributed by atoms with Crippen LogP contribution >= 0.6 is 0 Å². The quantitative estimate of drug-likeness (QED) is 0.620. The van der Waals surface area contributed by atoms with E-state index in [2.05, 4.69) is 4.74 Å². The number of ether oxygens (including phenoxy) is 4. The van der Waals surface area contributed by atoms with Gasteiger partial charge in [-0.1, -0.05) is 18.2 Å². The molecule has 26 heavy (non-hydrogen) atoms. The van der Waals surface area contributed by atoms with E-state index >= 15 is 0 Å². The molecule has 1 aliphatic heterocycles. The van der Waals surface area contributed by atoms with E-state index in [0.29, 0.717) is 5.57 Å². The Bertz CT molecular complexity index is 542. The first-order valence-corrected chi connectivity index (χ1v) is 7.55. The smallest absolute Gasteiger partial charge is 0.377 e. The summed E-state index contributed by atoms with van der Waals surface area (Å²) >= 11 is 0. The van der Waals surface area contributed by atoms with Crippen molar-refractivity contribution in [1.82, 2.24) is 0 Å². The molecule has 0 bridgehead atoms. The summed E-state index contributed by atoms with van der Waals surface area (Å²) in [6.07, 6.45) is -4.96. The van der Waals surface area contributed by atoms with Crippen LogP contribution in [0.1, 0.15) is 6.42 Å². The monoisotopic (exact) mass is 394 g/mol. The maximum atomic E-state index is 13.5. The molecule has 1 heterocycles. The van der Waals surface area contributed by atoms with Gasteiger partial charge in [0, 0.05) is 12.7 Å². The van der Waals surface area contributed by atoms with Crippen molar-refractivity contribution in [2.24, 2.45) is 0 Å². The zero-order chi connectivity index (χ0) is 19.6. The molecular formula is C15H17F7O4. The summed E-state index contributed by atoms with van der Waals surface area (Å²) in [5, 5.41) is 0. The van der Waals surface area contributed by atoms with Gasteiger partial charge in [0.25, 0.3) is 0 Å². The maximum absolute atomic E-state index is 13.5. The van der Waals surface area contributed by atoms with E-state index in [1.807, 2.05) is 0 Å². The summed E-state index contributed by atoms with van der Waals surface area (Å²) in [6, 6.07) is 0. The highest BCUT2D eigenvalue weighted by molar-refractivity contribution is 5.27. The predicted molar refractivity (Wildman–Crippen MR) is 74.0 cm³/mol. The zero-order valence-electron chi connectivity index (χ0n) is 13.6. The van der Waals surface area contributed by atoms with Crippen molar-refractivity contribution in [3.63, 3.8) is 0 Å². The molecule has 150 valence electrons. The van der Waals surface area contributed by atoms with E-state index in [-0.39, 0.29) is 25.7 Å². The van der Waals surface area contributed by atoms with E-state index < -0.39 is 37.0 Å². The Kier molecular flexibility index (Phi) is 6.36. The minimum Gasteiger partial charge on any atom is -0.377 e. The number of hydrogen-bond acceptors (Lipinski definition) is 4. The van der Waals surface area contributed by atoms with Gasteiger partial charge < -0.3 is 18.9 Å². The molecule has 2 rings (SSSR count). The summed E-state index contributed by atoms with van der Waals surface area (Å²) in [6.45, 7) is -2.48. The highest BCUT2D eigenvalue weighted by Gasteiger charge is 2.73. The van der Waals surface area contributed by atoms with Gasteiger partial charge in [0.05, 0.1) is 19.3 Å². The molecule has 4 nitrogen and oxygen atoms in total. The number of methoxy groups -OCH3 is 1. The largest absolute Gasteiger partial charge is 0.426 e. The molecular weight excluding hydrogens is 377 g/mol. The summed E-state index contributed by atoms with van der Waals surface area (Å²) in [5.74, 6) is -11.6. The van der Waals surface area contributed by atoms with Crippen LogP contribution < -0.4 is 0 Å². The fourth-order valence-corrected chi connectivity index (χ4v) is 2.25. The molecule has 0 spiro atoms. The molecule has 1 saturated heterocycles. The first-order valence-electron chi connectivity index (χ1n) is 7.55. The van der Waals surface area contributed by atoms with Crippen molar-refractivity contribution in [3.05, 3.63) is 23.8 Å². The van der Waals surface area contributed by atoms with Gasteiger partial charge in [-0.25, -0.2) is 4.39 Å². The first-order chi connectivity index (χ1) is 12.0. The van der Waals surface area contributed by atoms with Crippen LogP contribution in [0, 0.1) is 0 Å². The predicted octanol–water partition coefficient (Wildman–Crippen LogP) is 3.48. The van der Waals surface area contributed by atoms with Gasteiger partial charge in [-0.3, -0.25) is 0 Å². The molecule has 1 atom stereocenters. The van der Waals surface area contributed by atoms with E-state index in [0.717, 1.165) is 6.08 Å². The molecule has 1 unspecified atom stereocenters. The number of rotatable bonds is 7. The summed E-state index contributed by atoms with van der Waals surface area (Å²) in [4.78, 5) is 0. The third-order valence-corrected chi connectivity index (χ3v) is 3.85. The van der Waals surface area contributed by atoms with Crippen LogP contribution in [-0.4, -0.2) is 63.4 Å². The van der Waals surface area contributed by atoms with Gasteiger partial charge in [-0.15, -0.1) is 0 Å². The van der Waals surface area contributed by atoms with Gasteiger partial charge in [-0.2, -0.15) is 26.3 Å². The Morgan fingerprint density at radius 3 is 2.19 bits per heavy atom. The van der Waals surface area contributed by atoms with Crippen LogP contribution in [0.5, 0.6) is 0 Å². The lowest BCUT2D eigenvalue weighted by atomic mass is 10.0. The lowest BCUT2D eigenvalue weighted by molar-refractivity contribution is -0.405. The van der Waals surface area contributed by atoms with Crippen LogP contribution in [0.2, 0.25) is 0 Å². The van der Waals surface area contributed by atoms with Crippen molar-refractivity contribution in [3.8, 4) is 0 Å². The van der Waals surface area contributed by atoms with E-state index in [4.69, 9.17) is 14.2 Å². The minimum atomic E-state index is -6.00. The molecule has 1 aliphatic carbocycles. The topological polar surface area (TPSA) is 36.9 Å². The van der Waals surface area contributed by atoms with Crippen LogP contribution in [0.3, 0.4) is 0 Å². The standard InChI is InChI=1S/C15H17F7O4/c1-23-11-6-24-12(25-7-11)9-2-4-10(5-3-9)26-15(21,22)14(19,20)13(17,18)8-16/h2-4,10-12H,5-8H2,1H3. The molecule has 0 N–H and O–H groups in total. The van der Waals surface area contributed by atoms with Gasteiger partial charge in [-0.05, 0) is 6.42 Å². The Balaban J connectivity index is 1.96. The van der Waals surface area contributed by atoms with Crippen LogP contribution in [-0.2, 0) is 18.9 Å². The number of halogens is 7. The Hall–Kier alpha value is -1.17. The molecule has 0 amide bonds. The molecule has 0 aromatic heterocycles. The molecule has 0 radical (unpaired) electrons. The molecule has 0 saturated carbocycles. The fourth-order valence-electron chi connectivity index (χ4n) is 2.25. The normalized spacial score (nSPS) is 28.2. The van der Waals surface area contributed by atoms with Crippen molar-refractivity contribution < 1.29 is 49.7 Å². The van der Waals surface area contributed by atoms with Crippen molar-refractivity contribution in [2.75, 3.05) is 27.0 Å². The van der Waals surface area contributed by atoms with Crippen molar-refractivity contribution >= 4 is 0 Å². The molecule has 11 heteroatoms. The Morgan fingerprint density at radius 2 is 1.73 bits per heavy atom. The number of hydrogen-bond donors (Lipinski definition) is 0. The van der Waals surface area contributed by atoms with E-state index in [1.54, 1.807) is 0 Å². The summed E-state index contributed by atoms with van der Waals surface area (Å²) in [7, 11) is 1.47. The average Bonchev–Trinajstić information content (AvgIpc) is 2.62. The van der Waals surface area contributed by atoms with Gasteiger partial charge in [0.1, 0.15) is 6.10 Å². The number of alkyl halides is 7. The van der Waals surface area contributed by atoms with E-state index in [1.165, 1.54) is 19.3 Å². The van der Waals surface area contributed by atoms with Crippen LogP contribution in [0.15, 0.2) is 23.8 Å². The third-order valence-electron chi connectivity index (χ3n) is 3.85. The van der Waals surface area contributed by atoms with Crippen molar-refractivity contribution in [1.29, 1.82) is 0 Å². The summed E-state index contributed by atoms with van der Waals surface area (Å²) < 4.78 is 111. The third kappa shape index (κ3) is 4.21. The molecule has 0 aromatic rings. The SMILES string of the molecule is COC1COC(C2=CCC(OC(F)(F)C(F)(F)C(F)(F)CF)C=C2)OC1. The second kappa shape index (κ2) is 7.83. The highest BCUT2D eigenvalue weighted by atomic mass is 19.4. The van der Waals surface area contributed by atoms with Gasteiger partial charge in [0.2, 0.25) is 0 Å². The minimum absolute atomic E-state index is 0.231. The Morgan fingerprint density at radius 1 is 1.12 bits per heavy atom. The fraction of sp³-hybridized carbons (Fsp3) is 0.733. The average molecular weight is 394 g/mol. The lowest BCUT2D eigenvalue weighted by Crippen LogP contribution is -2.57. The molecule has 2 aliphatic rings. The highest BCUT2D eigenvalue weighted by Crippen LogP contribution is 2.47.